The van der Waals surface area contributed by atoms with Crippen LogP contribution in [0.4, 0.5) is 10.5 Å². The highest BCUT2D eigenvalue weighted by Crippen LogP contribution is 2.37. The molecule has 214 valence electrons. The van der Waals surface area contributed by atoms with E-state index in [0.29, 0.717) is 60.5 Å². The molecule has 1 N–H and O–H groups in total. The second-order valence-electron chi connectivity index (χ2n) is 10.7. The molecule has 2 aromatic heterocycles. The van der Waals surface area contributed by atoms with Crippen LogP contribution in [-0.4, -0.2) is 68.4 Å². The van der Waals surface area contributed by atoms with Gasteiger partial charge in [-0.2, -0.15) is 0 Å². The number of sulfone groups is 1. The third kappa shape index (κ3) is 5.00. The number of nitrogens with zero attached hydrogens (tertiary/aromatic N) is 4. The number of carbonyl (C=O) groups is 1. The van der Waals surface area contributed by atoms with Crippen LogP contribution in [0.25, 0.3) is 22.3 Å². The maximum atomic E-state index is 14.0. The lowest BCUT2D eigenvalue weighted by Gasteiger charge is -2.31. The monoisotopic (exact) mass is 593 g/mol. The summed E-state index contributed by atoms with van der Waals surface area (Å²) in [6.07, 6.45) is 4.11. The Kier molecular flexibility index (Phi) is 6.87. The van der Waals surface area contributed by atoms with E-state index in [-0.39, 0.29) is 22.7 Å². The molecule has 0 bridgehead atoms. The van der Waals surface area contributed by atoms with Gasteiger partial charge in [-0.25, -0.2) is 30.6 Å². The largest absolute Gasteiger partial charge is 0.334 e. The summed E-state index contributed by atoms with van der Waals surface area (Å²) in [6.45, 7) is 2.38. The average Bonchev–Trinajstić information content (AvgIpc) is 3.37. The Morgan fingerprint density at radius 2 is 1.66 bits per heavy atom. The van der Waals surface area contributed by atoms with Crippen molar-refractivity contribution in [2.45, 2.75) is 36.1 Å². The Hall–Kier alpha value is -3.74. The number of benzene rings is 2. The SMILES string of the molecule is CN1C(=O)NCc2c1cnc1c2cc(-c2ccc(CN3CCC(S(C)(=O)=O)CC3)cc2)n1S(=O)(=O)c1ccccc1. The number of rotatable bonds is 6. The summed E-state index contributed by atoms with van der Waals surface area (Å²) in [5.41, 5.74) is 3.98. The van der Waals surface area contributed by atoms with Crippen molar-refractivity contribution in [3.8, 4) is 11.3 Å². The maximum Gasteiger partial charge on any atom is 0.321 e. The molecular formula is C29H31N5O5S2. The van der Waals surface area contributed by atoms with Gasteiger partial charge in [0.05, 0.1) is 27.7 Å². The van der Waals surface area contributed by atoms with Gasteiger partial charge in [0, 0.05) is 37.3 Å². The minimum atomic E-state index is -4.01. The van der Waals surface area contributed by atoms with Crippen molar-refractivity contribution in [1.82, 2.24) is 19.2 Å². The van der Waals surface area contributed by atoms with Gasteiger partial charge in [-0.1, -0.05) is 42.5 Å². The van der Waals surface area contributed by atoms with Gasteiger partial charge < -0.3 is 5.32 Å². The van der Waals surface area contributed by atoms with Crippen LogP contribution in [0, 0.1) is 0 Å². The predicted octanol–water partition coefficient (Wildman–Crippen LogP) is 3.61. The Labute approximate surface area is 239 Å². The van der Waals surface area contributed by atoms with Crippen molar-refractivity contribution in [3.63, 3.8) is 0 Å². The lowest BCUT2D eigenvalue weighted by Crippen LogP contribution is -2.41. The first-order valence-electron chi connectivity index (χ1n) is 13.4. The molecule has 1 fully saturated rings. The highest BCUT2D eigenvalue weighted by molar-refractivity contribution is 7.91. The third-order valence-electron chi connectivity index (χ3n) is 8.04. The molecule has 12 heteroatoms. The van der Waals surface area contributed by atoms with Crippen molar-refractivity contribution >= 4 is 42.6 Å². The fourth-order valence-corrected chi connectivity index (χ4v) is 8.28. The Balaban J connectivity index is 1.39. The lowest BCUT2D eigenvalue weighted by molar-refractivity contribution is 0.222. The molecule has 0 saturated carbocycles. The first-order valence-corrected chi connectivity index (χ1v) is 16.8. The summed E-state index contributed by atoms with van der Waals surface area (Å²) in [7, 11) is -5.38. The number of fused-ring (bicyclic) bond motifs is 3. The quantitative estimate of drug-likeness (QED) is 0.363. The zero-order chi connectivity index (χ0) is 28.9. The molecule has 0 spiro atoms. The topological polar surface area (TPSA) is 122 Å². The molecule has 0 aliphatic carbocycles. The molecule has 2 aliphatic heterocycles. The summed E-state index contributed by atoms with van der Waals surface area (Å²) in [5, 5.41) is 3.22. The van der Waals surface area contributed by atoms with E-state index in [9.17, 15) is 21.6 Å². The van der Waals surface area contributed by atoms with Gasteiger partial charge in [-0.05, 0) is 55.3 Å². The van der Waals surface area contributed by atoms with Crippen LogP contribution in [0.2, 0.25) is 0 Å². The fraction of sp³-hybridized carbons (Fsp3) is 0.310. The first kappa shape index (κ1) is 27.4. The van der Waals surface area contributed by atoms with E-state index in [2.05, 4.69) is 15.2 Å². The standard InChI is InChI=1S/C29H31N5O5S2/c1-32-27-18-30-28-24(25(27)17-31-29(32)35)16-26(34(28)41(38,39)23-6-4-3-5-7-23)21-10-8-20(9-11-21)19-33-14-12-22(13-15-33)40(2,36)37/h3-11,16,18,22H,12-15,17,19H2,1-2H3,(H,31,35). The molecular weight excluding hydrogens is 562 g/mol. The van der Waals surface area contributed by atoms with Gasteiger partial charge in [-0.15, -0.1) is 0 Å². The van der Waals surface area contributed by atoms with Gasteiger partial charge >= 0.3 is 6.03 Å². The van der Waals surface area contributed by atoms with Gasteiger partial charge in [0.2, 0.25) is 0 Å². The molecule has 0 atom stereocenters. The number of amides is 2. The zero-order valence-corrected chi connectivity index (χ0v) is 24.5. The maximum absolute atomic E-state index is 14.0. The summed E-state index contributed by atoms with van der Waals surface area (Å²) >= 11 is 0. The molecule has 41 heavy (non-hydrogen) atoms. The highest BCUT2D eigenvalue weighted by Gasteiger charge is 2.30. The molecule has 2 amide bonds. The van der Waals surface area contributed by atoms with Crippen molar-refractivity contribution in [3.05, 3.63) is 78.0 Å². The van der Waals surface area contributed by atoms with Gasteiger partial charge in [0.25, 0.3) is 10.0 Å². The number of hydrogen-bond acceptors (Lipinski definition) is 7. The van der Waals surface area contributed by atoms with E-state index in [1.807, 2.05) is 30.3 Å². The molecule has 2 aromatic carbocycles. The molecule has 2 aliphatic rings. The van der Waals surface area contributed by atoms with E-state index in [0.717, 1.165) is 11.1 Å². The van der Waals surface area contributed by atoms with Crippen LogP contribution >= 0.6 is 0 Å². The Bertz CT molecular complexity index is 1850. The van der Waals surface area contributed by atoms with Crippen LogP contribution in [0.3, 0.4) is 0 Å². The normalized spacial score (nSPS) is 17.0. The second kappa shape index (κ2) is 10.3. The molecule has 6 rings (SSSR count). The summed E-state index contributed by atoms with van der Waals surface area (Å²) in [4.78, 5) is 20.6. The van der Waals surface area contributed by atoms with Crippen LogP contribution in [0.1, 0.15) is 24.0 Å². The summed E-state index contributed by atoms with van der Waals surface area (Å²) in [6, 6.07) is 17.6. The molecule has 0 unspecified atom stereocenters. The van der Waals surface area contributed by atoms with E-state index in [1.54, 1.807) is 43.6 Å². The molecule has 10 nitrogen and oxygen atoms in total. The third-order valence-corrected chi connectivity index (χ3v) is 11.4. The average molecular weight is 594 g/mol. The Morgan fingerprint density at radius 3 is 2.32 bits per heavy atom. The number of nitrogens with one attached hydrogen (secondary N) is 1. The van der Waals surface area contributed by atoms with E-state index < -0.39 is 19.9 Å². The fourth-order valence-electron chi connectivity index (χ4n) is 5.71. The first-order chi connectivity index (χ1) is 19.5. The second-order valence-corrected chi connectivity index (χ2v) is 14.8. The zero-order valence-electron chi connectivity index (χ0n) is 22.8. The van der Waals surface area contributed by atoms with E-state index in [1.165, 1.54) is 15.1 Å². The number of carbonyl (C=O) groups excluding carboxylic acids is 1. The van der Waals surface area contributed by atoms with Crippen LogP contribution in [0.5, 0.6) is 0 Å². The predicted molar refractivity (Wildman–Crippen MR) is 158 cm³/mol. The smallest absolute Gasteiger partial charge is 0.321 e. The number of likely N-dealkylation sites (tertiary alicyclic amines) is 1. The molecule has 4 heterocycles. The molecule has 4 aromatic rings. The molecule has 1 saturated heterocycles. The Morgan fingerprint density at radius 1 is 0.976 bits per heavy atom. The van der Waals surface area contributed by atoms with Crippen molar-refractivity contribution in [2.75, 3.05) is 31.3 Å². The van der Waals surface area contributed by atoms with E-state index in [4.69, 9.17) is 0 Å². The van der Waals surface area contributed by atoms with Crippen LogP contribution < -0.4 is 10.2 Å². The summed E-state index contributed by atoms with van der Waals surface area (Å²) < 4.78 is 53.1. The van der Waals surface area contributed by atoms with Crippen LogP contribution in [-0.2, 0) is 33.0 Å². The number of piperidine rings is 1. The van der Waals surface area contributed by atoms with Crippen LogP contribution in [0.15, 0.2) is 71.8 Å². The minimum Gasteiger partial charge on any atom is -0.334 e. The van der Waals surface area contributed by atoms with Gasteiger partial charge in [-0.3, -0.25) is 9.80 Å². The minimum absolute atomic E-state index is 0.151. The number of aromatic nitrogens is 2. The molecule has 0 radical (unpaired) electrons. The van der Waals surface area contributed by atoms with Crippen molar-refractivity contribution in [1.29, 1.82) is 0 Å². The number of urea groups is 1. The number of anilines is 1. The van der Waals surface area contributed by atoms with Gasteiger partial charge in [0.1, 0.15) is 9.84 Å². The van der Waals surface area contributed by atoms with Crippen molar-refractivity contribution in [2.24, 2.45) is 0 Å². The van der Waals surface area contributed by atoms with Gasteiger partial charge in [0.15, 0.2) is 5.65 Å². The number of hydrogen-bond donors (Lipinski definition) is 1. The van der Waals surface area contributed by atoms with E-state index >= 15 is 0 Å². The lowest BCUT2D eigenvalue weighted by atomic mass is 10.1. The highest BCUT2D eigenvalue weighted by atomic mass is 32.2. The number of pyridine rings is 1. The van der Waals surface area contributed by atoms with Crippen molar-refractivity contribution < 1.29 is 21.6 Å². The summed E-state index contributed by atoms with van der Waals surface area (Å²) in [5.74, 6) is 0.